The van der Waals surface area contributed by atoms with Crippen LogP contribution in [-0.2, 0) is 0 Å². The zero-order valence-electron chi connectivity index (χ0n) is 11.8. The highest BCUT2D eigenvalue weighted by Gasteiger charge is 2.13. The molecule has 6 nitrogen and oxygen atoms in total. The van der Waals surface area contributed by atoms with Crippen molar-refractivity contribution >= 4 is 17.4 Å². The van der Waals surface area contributed by atoms with E-state index in [1.165, 1.54) is 0 Å². The van der Waals surface area contributed by atoms with Gasteiger partial charge < -0.3 is 16.3 Å². The molecule has 1 aromatic heterocycles. The van der Waals surface area contributed by atoms with E-state index in [9.17, 15) is 4.79 Å². The van der Waals surface area contributed by atoms with Crippen molar-refractivity contribution in [1.29, 1.82) is 0 Å². The maximum Gasteiger partial charge on any atom is 0.255 e. The van der Waals surface area contributed by atoms with Crippen LogP contribution in [0.15, 0.2) is 41.7 Å². The number of benzene rings is 1. The first-order valence-corrected chi connectivity index (χ1v) is 6.34. The molecule has 108 valence electrons. The molecule has 0 spiro atoms. The summed E-state index contributed by atoms with van der Waals surface area (Å²) in [6, 6.07) is 8.62. The van der Waals surface area contributed by atoms with Gasteiger partial charge >= 0.3 is 0 Å². The van der Waals surface area contributed by atoms with Crippen LogP contribution in [0.25, 0.3) is 0 Å². The number of nitrogens with one attached hydrogen (secondary N) is 1. The van der Waals surface area contributed by atoms with Crippen molar-refractivity contribution in [2.24, 2.45) is 10.9 Å². The van der Waals surface area contributed by atoms with Crippen LogP contribution in [0.1, 0.15) is 27.2 Å². The van der Waals surface area contributed by atoms with Gasteiger partial charge in [0.05, 0.1) is 5.69 Å². The number of aromatic nitrogens is 1. The minimum absolute atomic E-state index is 0.0469. The van der Waals surface area contributed by atoms with Gasteiger partial charge in [0.1, 0.15) is 0 Å². The third-order valence-electron chi connectivity index (χ3n) is 3.04. The number of aryl methyl sites for hydroxylation is 2. The number of hydrogen-bond donors (Lipinski definition) is 3. The van der Waals surface area contributed by atoms with Crippen LogP contribution in [0.4, 0.5) is 5.69 Å². The van der Waals surface area contributed by atoms with Crippen LogP contribution in [0.2, 0.25) is 0 Å². The second kappa shape index (κ2) is 6.04. The monoisotopic (exact) mass is 284 g/mol. The lowest BCUT2D eigenvalue weighted by atomic mass is 10.1. The molecule has 0 bridgehead atoms. The van der Waals surface area contributed by atoms with Gasteiger partial charge in [-0.1, -0.05) is 17.3 Å². The Hall–Kier alpha value is -2.89. The summed E-state index contributed by atoms with van der Waals surface area (Å²) in [5.41, 5.74) is 8.71. The lowest BCUT2D eigenvalue weighted by molar-refractivity contribution is 0.102. The highest BCUT2D eigenvalue weighted by molar-refractivity contribution is 6.10. The molecule has 0 unspecified atom stereocenters. The van der Waals surface area contributed by atoms with Crippen molar-refractivity contribution in [1.82, 2.24) is 4.98 Å². The third-order valence-corrected chi connectivity index (χ3v) is 3.04. The predicted octanol–water partition coefficient (Wildman–Crippen LogP) is 2.05. The standard InChI is InChI=1S/C15H16N4O2/c1-9-4-3-5-12(13(9)14(16)19-21)18-15(20)11-6-7-17-10(2)8-11/h3-8,21H,1-2H3,(H2,16,19)(H,18,20). The Morgan fingerprint density at radius 3 is 2.76 bits per heavy atom. The molecule has 6 heteroatoms. The number of amides is 1. The van der Waals surface area contributed by atoms with E-state index < -0.39 is 0 Å². The number of nitrogens with zero attached hydrogens (tertiary/aromatic N) is 2. The van der Waals surface area contributed by atoms with Gasteiger partial charge in [-0.15, -0.1) is 0 Å². The second-order valence-electron chi connectivity index (χ2n) is 4.62. The summed E-state index contributed by atoms with van der Waals surface area (Å²) in [5.74, 6) is -0.326. The normalized spacial score (nSPS) is 11.2. The summed E-state index contributed by atoms with van der Waals surface area (Å²) in [5, 5.41) is 14.6. The van der Waals surface area contributed by atoms with E-state index in [0.29, 0.717) is 16.8 Å². The van der Waals surface area contributed by atoms with Gasteiger partial charge in [-0.25, -0.2) is 0 Å². The van der Waals surface area contributed by atoms with E-state index in [1.54, 1.807) is 30.5 Å². The summed E-state index contributed by atoms with van der Waals surface area (Å²) in [4.78, 5) is 16.3. The molecule has 0 atom stereocenters. The van der Waals surface area contributed by atoms with Gasteiger partial charge in [-0.3, -0.25) is 9.78 Å². The summed E-state index contributed by atoms with van der Waals surface area (Å²) in [6.07, 6.45) is 1.57. The van der Waals surface area contributed by atoms with E-state index >= 15 is 0 Å². The second-order valence-corrected chi connectivity index (χ2v) is 4.62. The lowest BCUT2D eigenvalue weighted by Crippen LogP contribution is -2.20. The van der Waals surface area contributed by atoms with Crippen LogP contribution in [0.5, 0.6) is 0 Å². The molecule has 0 radical (unpaired) electrons. The number of pyridine rings is 1. The molecule has 2 aromatic rings. The van der Waals surface area contributed by atoms with Gasteiger partial charge in [-0.2, -0.15) is 0 Å². The highest BCUT2D eigenvalue weighted by atomic mass is 16.4. The highest BCUT2D eigenvalue weighted by Crippen LogP contribution is 2.20. The van der Waals surface area contributed by atoms with E-state index in [0.717, 1.165) is 11.3 Å². The topological polar surface area (TPSA) is 101 Å². The average Bonchev–Trinajstić information content (AvgIpc) is 2.46. The first-order chi connectivity index (χ1) is 10.0. The fourth-order valence-corrected chi connectivity index (χ4v) is 2.04. The van der Waals surface area contributed by atoms with Crippen LogP contribution in [0.3, 0.4) is 0 Å². The van der Waals surface area contributed by atoms with Crippen molar-refractivity contribution < 1.29 is 10.0 Å². The molecule has 1 aromatic carbocycles. The Kier molecular flexibility index (Phi) is 4.18. The van der Waals surface area contributed by atoms with Crippen molar-refractivity contribution in [3.05, 3.63) is 58.9 Å². The zero-order valence-corrected chi connectivity index (χ0v) is 11.8. The molecule has 21 heavy (non-hydrogen) atoms. The van der Waals surface area contributed by atoms with Crippen molar-refractivity contribution in [2.75, 3.05) is 5.32 Å². The smallest absolute Gasteiger partial charge is 0.255 e. The maximum atomic E-state index is 12.3. The molecule has 1 heterocycles. The summed E-state index contributed by atoms with van der Waals surface area (Å²) in [7, 11) is 0. The number of carbonyl (C=O) groups is 1. The number of carbonyl (C=O) groups excluding carboxylic acids is 1. The largest absolute Gasteiger partial charge is 0.409 e. The number of anilines is 1. The summed E-state index contributed by atoms with van der Waals surface area (Å²) in [6.45, 7) is 3.63. The van der Waals surface area contributed by atoms with Crippen LogP contribution in [0, 0.1) is 13.8 Å². The number of rotatable bonds is 3. The van der Waals surface area contributed by atoms with Crippen molar-refractivity contribution in [3.8, 4) is 0 Å². The molecule has 0 fully saturated rings. The van der Waals surface area contributed by atoms with E-state index in [1.807, 2.05) is 19.9 Å². The van der Waals surface area contributed by atoms with E-state index in [2.05, 4.69) is 15.5 Å². The molecule has 1 amide bonds. The van der Waals surface area contributed by atoms with Gasteiger partial charge in [0.25, 0.3) is 5.91 Å². The van der Waals surface area contributed by atoms with Gasteiger partial charge in [-0.05, 0) is 37.6 Å². The first kappa shape index (κ1) is 14.5. The molecule has 0 saturated heterocycles. The Labute approximate surface area is 122 Å². The molecular weight excluding hydrogens is 268 g/mol. The average molecular weight is 284 g/mol. The number of hydrogen-bond acceptors (Lipinski definition) is 4. The van der Waals surface area contributed by atoms with Crippen molar-refractivity contribution in [3.63, 3.8) is 0 Å². The molecule has 0 aliphatic rings. The molecular formula is C15H16N4O2. The number of nitrogens with two attached hydrogens (primary N) is 1. The molecule has 0 aliphatic heterocycles. The molecule has 0 saturated carbocycles. The quantitative estimate of drug-likeness (QED) is 0.347. The molecule has 2 rings (SSSR count). The Balaban J connectivity index is 2.36. The minimum atomic E-state index is -0.280. The molecule has 0 aliphatic carbocycles. The Bertz CT molecular complexity index is 711. The van der Waals surface area contributed by atoms with Crippen LogP contribution >= 0.6 is 0 Å². The SMILES string of the molecule is Cc1cc(C(=O)Nc2cccc(C)c2/C(N)=N/O)ccn1. The number of oxime groups is 1. The lowest BCUT2D eigenvalue weighted by Gasteiger charge is -2.12. The van der Waals surface area contributed by atoms with Crippen molar-refractivity contribution in [2.45, 2.75) is 13.8 Å². The summed E-state index contributed by atoms with van der Waals surface area (Å²) < 4.78 is 0. The van der Waals surface area contributed by atoms with Gasteiger partial charge in [0.15, 0.2) is 5.84 Å². The van der Waals surface area contributed by atoms with Crippen LogP contribution < -0.4 is 11.1 Å². The Morgan fingerprint density at radius 1 is 1.33 bits per heavy atom. The first-order valence-electron chi connectivity index (χ1n) is 6.34. The fourth-order valence-electron chi connectivity index (χ4n) is 2.04. The van der Waals surface area contributed by atoms with E-state index in [-0.39, 0.29) is 11.7 Å². The van der Waals surface area contributed by atoms with Crippen LogP contribution in [-0.4, -0.2) is 21.9 Å². The minimum Gasteiger partial charge on any atom is -0.409 e. The van der Waals surface area contributed by atoms with Gasteiger partial charge in [0, 0.05) is 23.0 Å². The summed E-state index contributed by atoms with van der Waals surface area (Å²) >= 11 is 0. The van der Waals surface area contributed by atoms with Gasteiger partial charge in [0.2, 0.25) is 0 Å². The predicted molar refractivity (Wildman–Crippen MR) is 80.6 cm³/mol. The maximum absolute atomic E-state index is 12.3. The zero-order chi connectivity index (χ0) is 15.4. The number of amidine groups is 1. The third kappa shape index (κ3) is 3.17. The molecule has 4 N–H and O–H groups in total. The fraction of sp³-hybridized carbons (Fsp3) is 0.133. The Morgan fingerprint density at radius 2 is 2.10 bits per heavy atom. The van der Waals surface area contributed by atoms with E-state index in [4.69, 9.17) is 10.9 Å².